The molecule has 2 rings (SSSR count). The van der Waals surface area contributed by atoms with Crippen LogP contribution in [0.5, 0.6) is 0 Å². The zero-order valence-corrected chi connectivity index (χ0v) is 7.25. The van der Waals surface area contributed by atoms with Gasteiger partial charge < -0.3 is 9.67 Å². The number of rotatable bonds is 2. The molecule has 0 unspecified atom stereocenters. The summed E-state index contributed by atoms with van der Waals surface area (Å²) >= 11 is 0. The van der Waals surface area contributed by atoms with Crippen LogP contribution in [-0.4, -0.2) is 31.2 Å². The van der Waals surface area contributed by atoms with E-state index in [1.807, 2.05) is 11.5 Å². The summed E-state index contributed by atoms with van der Waals surface area (Å²) in [7, 11) is 0. The quantitative estimate of drug-likeness (QED) is 0.722. The Labute approximate surface area is 75.1 Å². The molecule has 0 amide bonds. The fourth-order valence-corrected chi connectivity index (χ4v) is 1.20. The van der Waals surface area contributed by atoms with Gasteiger partial charge in [0.2, 0.25) is 0 Å². The second-order valence-electron chi connectivity index (χ2n) is 2.92. The van der Waals surface area contributed by atoms with E-state index in [1.165, 1.54) is 6.33 Å². The van der Waals surface area contributed by atoms with Crippen LogP contribution in [0.2, 0.25) is 0 Å². The topological polar surface area (TPSA) is 63.8 Å². The number of aromatic nitrogens is 4. The van der Waals surface area contributed by atoms with Crippen molar-refractivity contribution in [2.45, 2.75) is 13.0 Å². The van der Waals surface area contributed by atoms with Crippen molar-refractivity contribution >= 4 is 11.2 Å². The van der Waals surface area contributed by atoms with E-state index >= 15 is 0 Å². The molecule has 13 heavy (non-hydrogen) atoms. The van der Waals surface area contributed by atoms with Gasteiger partial charge in [0.15, 0.2) is 5.65 Å². The van der Waals surface area contributed by atoms with Crippen molar-refractivity contribution in [1.29, 1.82) is 0 Å². The molecule has 0 aliphatic carbocycles. The highest BCUT2D eigenvalue weighted by atomic mass is 16.3. The van der Waals surface area contributed by atoms with E-state index in [9.17, 15) is 0 Å². The van der Waals surface area contributed by atoms with E-state index in [1.54, 1.807) is 12.5 Å². The molecule has 2 aromatic rings. The van der Waals surface area contributed by atoms with Crippen LogP contribution in [0.25, 0.3) is 11.2 Å². The van der Waals surface area contributed by atoms with Crippen LogP contribution >= 0.6 is 0 Å². The van der Waals surface area contributed by atoms with E-state index < -0.39 is 0 Å². The first-order valence-corrected chi connectivity index (χ1v) is 4.06. The molecule has 0 saturated heterocycles. The van der Waals surface area contributed by atoms with Gasteiger partial charge in [-0.25, -0.2) is 15.0 Å². The number of aliphatic hydroxyl groups excluding tert-OH is 1. The molecule has 0 aliphatic heterocycles. The highest BCUT2D eigenvalue weighted by Crippen LogP contribution is 2.12. The van der Waals surface area contributed by atoms with Gasteiger partial charge in [-0.1, -0.05) is 0 Å². The molecular weight excluding hydrogens is 168 g/mol. The van der Waals surface area contributed by atoms with Gasteiger partial charge in [0.1, 0.15) is 11.8 Å². The Bertz CT molecular complexity index is 411. The highest BCUT2D eigenvalue weighted by molar-refractivity contribution is 5.68. The molecule has 0 spiro atoms. The molecule has 0 saturated carbocycles. The standard InChI is InChI=1S/C8H10N4O/c1-6(3-13)12-5-11-7-2-9-4-10-8(7)12/h2,4-6,13H,3H2,1H3/t6-/m1/s1. The largest absolute Gasteiger partial charge is 0.394 e. The lowest BCUT2D eigenvalue weighted by Gasteiger charge is -2.08. The first-order valence-electron chi connectivity index (χ1n) is 4.06. The van der Waals surface area contributed by atoms with Crippen molar-refractivity contribution in [2.75, 3.05) is 6.61 Å². The SMILES string of the molecule is C[C@H](CO)n1cnc2cncnc21. The molecule has 0 bridgehead atoms. The maximum atomic E-state index is 8.97. The third-order valence-corrected chi connectivity index (χ3v) is 1.98. The number of nitrogens with zero attached hydrogens (tertiary/aromatic N) is 4. The fraction of sp³-hybridized carbons (Fsp3) is 0.375. The van der Waals surface area contributed by atoms with Crippen LogP contribution in [-0.2, 0) is 0 Å². The molecule has 0 aromatic carbocycles. The van der Waals surface area contributed by atoms with Crippen LogP contribution in [0, 0.1) is 0 Å². The van der Waals surface area contributed by atoms with Crippen molar-refractivity contribution in [3.8, 4) is 0 Å². The lowest BCUT2D eigenvalue weighted by Crippen LogP contribution is -2.08. The Morgan fingerprint density at radius 3 is 3.15 bits per heavy atom. The van der Waals surface area contributed by atoms with Crippen molar-refractivity contribution in [3.63, 3.8) is 0 Å². The molecule has 68 valence electrons. The monoisotopic (exact) mass is 178 g/mol. The van der Waals surface area contributed by atoms with E-state index in [-0.39, 0.29) is 12.6 Å². The smallest absolute Gasteiger partial charge is 0.163 e. The Kier molecular flexibility index (Phi) is 1.94. The Morgan fingerprint density at radius 2 is 2.38 bits per heavy atom. The van der Waals surface area contributed by atoms with Crippen molar-refractivity contribution < 1.29 is 5.11 Å². The molecule has 0 aliphatic rings. The maximum Gasteiger partial charge on any atom is 0.163 e. The number of hydrogen-bond acceptors (Lipinski definition) is 4. The normalized spacial score (nSPS) is 13.4. The number of aliphatic hydroxyl groups is 1. The average molecular weight is 178 g/mol. The summed E-state index contributed by atoms with van der Waals surface area (Å²) in [5, 5.41) is 8.97. The second kappa shape index (κ2) is 3.10. The van der Waals surface area contributed by atoms with Gasteiger partial charge >= 0.3 is 0 Å². The van der Waals surface area contributed by atoms with Gasteiger partial charge in [0, 0.05) is 0 Å². The number of imidazole rings is 1. The summed E-state index contributed by atoms with van der Waals surface area (Å²) in [6.07, 6.45) is 4.80. The molecule has 0 fully saturated rings. The summed E-state index contributed by atoms with van der Waals surface area (Å²) in [5.41, 5.74) is 1.51. The van der Waals surface area contributed by atoms with E-state index in [2.05, 4.69) is 15.0 Å². The summed E-state index contributed by atoms with van der Waals surface area (Å²) in [4.78, 5) is 12.1. The van der Waals surface area contributed by atoms with Crippen LogP contribution < -0.4 is 0 Å². The molecule has 1 N–H and O–H groups in total. The van der Waals surface area contributed by atoms with Crippen molar-refractivity contribution in [1.82, 2.24) is 19.5 Å². The summed E-state index contributed by atoms with van der Waals surface area (Å²) in [6, 6.07) is -0.0000926. The maximum absolute atomic E-state index is 8.97. The van der Waals surface area contributed by atoms with E-state index in [4.69, 9.17) is 5.11 Å². The number of hydrogen-bond donors (Lipinski definition) is 1. The van der Waals surface area contributed by atoms with Crippen LogP contribution in [0.4, 0.5) is 0 Å². The number of fused-ring (bicyclic) bond motifs is 1. The molecule has 5 heteroatoms. The molecule has 2 heterocycles. The predicted octanol–water partition coefficient (Wildman–Crippen LogP) is 0.380. The van der Waals surface area contributed by atoms with Gasteiger partial charge in [-0.15, -0.1) is 0 Å². The molecule has 0 radical (unpaired) electrons. The fourth-order valence-electron chi connectivity index (χ4n) is 1.20. The Hall–Kier alpha value is -1.49. The molecular formula is C8H10N4O. The Morgan fingerprint density at radius 1 is 1.54 bits per heavy atom. The van der Waals surface area contributed by atoms with Crippen LogP contribution in [0.1, 0.15) is 13.0 Å². The third kappa shape index (κ3) is 1.27. The average Bonchev–Trinajstić information content (AvgIpc) is 2.60. The predicted molar refractivity (Wildman–Crippen MR) is 47.1 cm³/mol. The first kappa shape index (κ1) is 8.12. The van der Waals surface area contributed by atoms with E-state index in [0.717, 1.165) is 11.2 Å². The summed E-state index contributed by atoms with van der Waals surface area (Å²) < 4.78 is 1.83. The highest BCUT2D eigenvalue weighted by Gasteiger charge is 2.08. The van der Waals surface area contributed by atoms with Crippen LogP contribution in [0.15, 0.2) is 18.9 Å². The zero-order chi connectivity index (χ0) is 9.26. The van der Waals surface area contributed by atoms with Gasteiger partial charge in [-0.05, 0) is 6.92 Å². The minimum absolute atomic E-state index is 0.0000926. The minimum Gasteiger partial charge on any atom is -0.394 e. The summed E-state index contributed by atoms with van der Waals surface area (Å²) in [6.45, 7) is 1.98. The Balaban J connectivity index is 2.57. The van der Waals surface area contributed by atoms with Gasteiger partial charge in [-0.3, -0.25) is 0 Å². The molecule has 1 atom stereocenters. The van der Waals surface area contributed by atoms with Crippen molar-refractivity contribution in [2.24, 2.45) is 0 Å². The van der Waals surface area contributed by atoms with Gasteiger partial charge in [0.25, 0.3) is 0 Å². The van der Waals surface area contributed by atoms with Gasteiger partial charge in [-0.2, -0.15) is 0 Å². The molecule has 2 aromatic heterocycles. The second-order valence-corrected chi connectivity index (χ2v) is 2.92. The van der Waals surface area contributed by atoms with Crippen molar-refractivity contribution in [3.05, 3.63) is 18.9 Å². The van der Waals surface area contributed by atoms with Crippen LogP contribution in [0.3, 0.4) is 0 Å². The zero-order valence-electron chi connectivity index (χ0n) is 7.25. The molecule has 5 nitrogen and oxygen atoms in total. The minimum atomic E-state index is -0.0000926. The third-order valence-electron chi connectivity index (χ3n) is 1.98. The lowest BCUT2D eigenvalue weighted by atomic mass is 10.3. The lowest BCUT2D eigenvalue weighted by molar-refractivity contribution is 0.241. The summed E-state index contributed by atoms with van der Waals surface area (Å²) in [5.74, 6) is 0. The van der Waals surface area contributed by atoms with Gasteiger partial charge in [0.05, 0.1) is 25.2 Å². The van der Waals surface area contributed by atoms with E-state index in [0.29, 0.717) is 0 Å². The first-order chi connectivity index (χ1) is 6.33.